The molecule has 6 nitrogen and oxygen atoms in total. The number of pyridine rings is 2. The van der Waals surface area contributed by atoms with Crippen molar-refractivity contribution in [2.24, 2.45) is 13.0 Å². The summed E-state index contributed by atoms with van der Waals surface area (Å²) < 4.78 is 26.9. The Bertz CT molecular complexity index is 2220. The minimum Gasteiger partial charge on any atom is -0.306 e. The molecule has 0 bridgehead atoms. The van der Waals surface area contributed by atoms with Crippen LogP contribution in [0.3, 0.4) is 0 Å². The van der Waals surface area contributed by atoms with Crippen molar-refractivity contribution in [3.05, 3.63) is 216 Å². The molecule has 7 aromatic rings. The molecular weight excluding hydrogens is 1020 g/mol. The van der Waals surface area contributed by atoms with Gasteiger partial charge in [-0.15, -0.1) is 11.3 Å². The molecule has 1 fully saturated rings. The van der Waals surface area contributed by atoms with Crippen LogP contribution in [0.4, 0.5) is 8.78 Å². The van der Waals surface area contributed by atoms with Crippen LogP contribution in [0.1, 0.15) is 171 Å². The third-order valence-electron chi connectivity index (χ3n) is 11.3. The minimum atomic E-state index is -0.116. The summed E-state index contributed by atoms with van der Waals surface area (Å²) in [6.07, 6.45) is 13.9. The van der Waals surface area contributed by atoms with Crippen molar-refractivity contribution in [2.45, 2.75) is 190 Å². The van der Waals surface area contributed by atoms with E-state index in [9.17, 15) is 8.78 Å². The lowest BCUT2D eigenvalue weighted by Crippen LogP contribution is -2.28. The first-order chi connectivity index (χ1) is 33.9. The highest BCUT2D eigenvalue weighted by Crippen LogP contribution is 2.14. The number of nitrogens with zero attached hydrogens (tertiary/aromatic N) is 6. The maximum absolute atomic E-state index is 12.6. The monoisotopic (exact) mass is 1140 g/mol. The van der Waals surface area contributed by atoms with E-state index in [1.54, 1.807) is 36.2 Å². The minimum absolute atomic E-state index is 0. The summed E-state index contributed by atoms with van der Waals surface area (Å²) in [4.78, 5) is 15.7. The van der Waals surface area contributed by atoms with Crippen molar-refractivity contribution < 1.29 is 8.78 Å². The number of aryl methyl sites for hydroxylation is 14. The second-order valence-electron chi connectivity index (χ2n) is 19.5. The molecule has 6 heterocycles. The average Bonchev–Trinajstić information content (AvgIpc) is 3.93. The summed E-state index contributed by atoms with van der Waals surface area (Å²) in [5.41, 5.74) is 13.4. The summed E-state index contributed by atoms with van der Waals surface area (Å²) in [5.74, 6) is 0.746. The summed E-state index contributed by atoms with van der Waals surface area (Å²) in [6, 6.07) is 31.3. The van der Waals surface area contributed by atoms with Crippen LogP contribution in [-0.2, 0) is 7.05 Å². The van der Waals surface area contributed by atoms with Gasteiger partial charge in [-0.25, -0.2) is 8.78 Å². The number of halogens is 2. The van der Waals surface area contributed by atoms with Gasteiger partial charge < -0.3 is 9.80 Å². The number of benzene rings is 3. The quantitative estimate of drug-likeness (QED) is 0.142. The van der Waals surface area contributed by atoms with Crippen LogP contribution in [0.25, 0.3) is 0 Å². The molecule has 81 heavy (non-hydrogen) atoms. The fraction of sp³-hybridized carbons (Fsp3) is 0.486. The van der Waals surface area contributed by atoms with Gasteiger partial charge in [0.1, 0.15) is 11.6 Å². The van der Waals surface area contributed by atoms with Crippen molar-refractivity contribution in [1.82, 2.24) is 29.5 Å². The van der Waals surface area contributed by atoms with Gasteiger partial charge in [-0.3, -0.25) is 14.6 Å². The zero-order valence-electron chi connectivity index (χ0n) is 47.5. The predicted octanol–water partition coefficient (Wildman–Crippen LogP) is 22.0. The first-order valence-corrected chi connectivity index (χ1v) is 26.0. The highest BCUT2D eigenvalue weighted by molar-refractivity contribution is 7.11. The fourth-order valence-electron chi connectivity index (χ4n) is 6.23. The third kappa shape index (κ3) is 49.9. The Morgan fingerprint density at radius 3 is 1.01 bits per heavy atom. The number of likely N-dealkylation sites (N-methyl/N-ethyl adjacent to an activating group) is 1. The molecule has 9 rings (SSSR count). The SMILES string of the molecule is C.C.C.C.C.C.C.C.C.CC1=CCN(C)CC1.CC1CCN(C)CC1.Cc1ccc(C)c(F)c1.Cc1ccc(C)c(F)c1.Cc1ccc(C)cc1.Cc1ccc(C)nc1.Cc1ccc(C)nc1.Cc1ccc(C)s1.Cc1cnn(C)c1. The van der Waals surface area contributed by atoms with Crippen LogP contribution in [0.5, 0.6) is 0 Å². The molecule has 0 spiro atoms. The topological polar surface area (TPSA) is 50.1 Å². The summed E-state index contributed by atoms with van der Waals surface area (Å²) >= 11 is 1.84. The van der Waals surface area contributed by atoms with Crippen LogP contribution in [0.15, 0.2) is 133 Å². The van der Waals surface area contributed by atoms with Crippen molar-refractivity contribution in [1.29, 1.82) is 0 Å². The van der Waals surface area contributed by atoms with Crippen molar-refractivity contribution in [3.63, 3.8) is 0 Å². The molecule has 3 aromatic carbocycles. The van der Waals surface area contributed by atoms with Crippen molar-refractivity contribution in [2.75, 3.05) is 40.3 Å². The van der Waals surface area contributed by atoms with E-state index in [1.807, 2.05) is 116 Å². The van der Waals surface area contributed by atoms with Crippen LogP contribution in [-0.4, -0.2) is 69.8 Å². The van der Waals surface area contributed by atoms with Gasteiger partial charge in [-0.05, 0) is 225 Å². The number of aromatic nitrogens is 4. The number of hydrogen-bond donors (Lipinski definition) is 0. The second kappa shape index (κ2) is 53.7. The van der Waals surface area contributed by atoms with E-state index in [0.717, 1.165) is 35.0 Å². The van der Waals surface area contributed by atoms with Gasteiger partial charge in [0.15, 0.2) is 0 Å². The molecule has 2 aliphatic rings. The van der Waals surface area contributed by atoms with Gasteiger partial charge in [-0.2, -0.15) is 5.10 Å². The first kappa shape index (κ1) is 94.7. The molecular formula is C72H126F2N6S. The molecule has 1 saturated heterocycles. The molecule has 0 aliphatic carbocycles. The molecule has 0 unspecified atom stereocenters. The Hall–Kier alpha value is -5.61. The van der Waals surface area contributed by atoms with Crippen LogP contribution in [0.2, 0.25) is 0 Å². The smallest absolute Gasteiger partial charge is 0.126 e. The van der Waals surface area contributed by atoms with E-state index in [-0.39, 0.29) is 78.5 Å². The van der Waals surface area contributed by atoms with Crippen molar-refractivity contribution in [3.8, 4) is 0 Å². The molecule has 4 aromatic heterocycles. The van der Waals surface area contributed by atoms with Gasteiger partial charge in [-0.1, -0.05) is 157 Å². The Morgan fingerprint density at radius 1 is 0.432 bits per heavy atom. The lowest BCUT2D eigenvalue weighted by atomic mass is 10.00. The molecule has 0 saturated carbocycles. The lowest BCUT2D eigenvalue weighted by molar-refractivity contribution is 0.230. The maximum atomic E-state index is 12.6. The number of piperidine rings is 1. The van der Waals surface area contributed by atoms with Gasteiger partial charge in [0.2, 0.25) is 0 Å². The third-order valence-corrected chi connectivity index (χ3v) is 12.3. The predicted molar refractivity (Wildman–Crippen MR) is 369 cm³/mol. The molecule has 2 aliphatic heterocycles. The fourth-order valence-corrected chi connectivity index (χ4v) is 7.01. The Labute approximate surface area is 506 Å². The van der Waals surface area contributed by atoms with Crippen LogP contribution < -0.4 is 0 Å². The van der Waals surface area contributed by atoms with E-state index < -0.39 is 0 Å². The molecule has 0 amide bonds. The summed E-state index contributed by atoms with van der Waals surface area (Å²) in [5, 5.41) is 3.93. The van der Waals surface area contributed by atoms with Gasteiger partial charge in [0.05, 0.1) is 6.20 Å². The molecule has 464 valence electrons. The average molecular weight is 1150 g/mol. The first-order valence-electron chi connectivity index (χ1n) is 25.2. The van der Waals surface area contributed by atoms with E-state index in [1.165, 1.54) is 88.6 Å². The highest BCUT2D eigenvalue weighted by atomic mass is 32.1. The lowest BCUT2D eigenvalue weighted by Gasteiger charge is -2.26. The van der Waals surface area contributed by atoms with E-state index in [0.29, 0.717) is 11.1 Å². The molecule has 0 atom stereocenters. The zero-order valence-corrected chi connectivity index (χ0v) is 48.3. The van der Waals surface area contributed by atoms with Gasteiger partial charge in [0.25, 0.3) is 0 Å². The van der Waals surface area contributed by atoms with Gasteiger partial charge in [0, 0.05) is 59.9 Å². The van der Waals surface area contributed by atoms with E-state index >= 15 is 0 Å². The Kier molecular flexibility index (Phi) is 62.7. The largest absolute Gasteiger partial charge is 0.306 e. The molecule has 0 radical (unpaired) electrons. The number of rotatable bonds is 0. The van der Waals surface area contributed by atoms with E-state index in [2.05, 4.69) is 135 Å². The number of hydrogen-bond acceptors (Lipinski definition) is 6. The van der Waals surface area contributed by atoms with Crippen molar-refractivity contribution >= 4 is 11.3 Å². The molecule has 0 N–H and O–H groups in total. The maximum Gasteiger partial charge on any atom is 0.126 e. The molecule has 9 heteroatoms. The zero-order chi connectivity index (χ0) is 54.2. The van der Waals surface area contributed by atoms with Gasteiger partial charge >= 0.3 is 0 Å². The highest BCUT2D eigenvalue weighted by Gasteiger charge is 2.10. The van der Waals surface area contributed by atoms with Crippen LogP contribution in [0, 0.1) is 108 Å². The standard InChI is InChI=1S/2C8H9F.C8H10.C7H15N.C7H13N.2C7H9N.C6H8S.C5H8N2.9CH4/c2*1-6-3-4-7(2)8(9)5-6;3*1-7-3-5-8(2)6-4-7;2*1-6-3-4-7(2)8-5-6;1-5-3-4-6(2)7-5;1-5-3-6-7(2)4-5;;;;;;;;;/h2*3-5H,1-2H3;3-6H,1-2H3;7H,3-6H2,1-2H3;3H,4-6H2,1-2H3;2*3-5H,1-2H3;2*3-4H,1-2H3;9*1H4. The number of likely N-dealkylation sites (tertiary alicyclic amines) is 1. The number of thiophene rings is 1. The summed E-state index contributed by atoms with van der Waals surface area (Å²) in [6.45, 7) is 35.3. The summed E-state index contributed by atoms with van der Waals surface area (Å²) in [7, 11) is 6.27. The Morgan fingerprint density at radius 2 is 0.802 bits per heavy atom. The normalized spacial score (nSPS) is 11.4. The van der Waals surface area contributed by atoms with E-state index in [4.69, 9.17) is 0 Å². The second-order valence-corrected chi connectivity index (χ2v) is 21.0. The Balaban J connectivity index is -0.000000102. The van der Waals surface area contributed by atoms with Crippen LogP contribution >= 0.6 is 11.3 Å².